The van der Waals surface area contributed by atoms with E-state index in [0.29, 0.717) is 22.1 Å². The summed E-state index contributed by atoms with van der Waals surface area (Å²) in [5.41, 5.74) is 12.1. The van der Waals surface area contributed by atoms with Crippen LogP contribution in [0.4, 0.5) is 13.2 Å². The fourth-order valence-corrected chi connectivity index (χ4v) is 8.84. The molecule has 0 amide bonds. The van der Waals surface area contributed by atoms with Gasteiger partial charge >= 0.3 is 6.18 Å². The molecule has 0 unspecified atom stereocenters. The lowest BCUT2D eigenvalue weighted by Gasteiger charge is -2.34. The van der Waals surface area contributed by atoms with E-state index in [4.69, 9.17) is 9.40 Å². The highest BCUT2D eigenvalue weighted by Gasteiger charge is 2.31. The van der Waals surface area contributed by atoms with Gasteiger partial charge in [0.1, 0.15) is 17.0 Å². The fourth-order valence-electron chi connectivity index (χ4n) is 8.84. The lowest BCUT2D eigenvalue weighted by Crippen LogP contribution is -2.20. The lowest BCUT2D eigenvalue weighted by atomic mass is 9.71. The van der Waals surface area contributed by atoms with Crippen LogP contribution in [0.3, 0.4) is 0 Å². The van der Waals surface area contributed by atoms with Gasteiger partial charge in [-0.2, -0.15) is 13.2 Å². The Bertz CT molecular complexity index is 2820. The highest BCUT2D eigenvalue weighted by molar-refractivity contribution is 6.10. The molecule has 1 fully saturated rings. The van der Waals surface area contributed by atoms with Gasteiger partial charge in [0, 0.05) is 12.1 Å². The molecule has 2 heterocycles. The summed E-state index contributed by atoms with van der Waals surface area (Å²) in [4.78, 5) is 5.32. The Morgan fingerprint density at radius 3 is 1.98 bits per heavy atom. The Labute approximate surface area is 340 Å². The van der Waals surface area contributed by atoms with E-state index in [2.05, 4.69) is 107 Å². The maximum atomic E-state index is 13.3. The van der Waals surface area contributed by atoms with E-state index in [1.807, 2.05) is 36.4 Å². The second-order valence-corrected chi connectivity index (χ2v) is 17.5. The normalized spacial score (nSPS) is 15.9. The van der Waals surface area contributed by atoms with Gasteiger partial charge in [-0.05, 0) is 142 Å². The maximum Gasteiger partial charge on any atom is 0.416 e. The van der Waals surface area contributed by atoms with Crippen LogP contribution in [0.5, 0.6) is 0 Å². The van der Waals surface area contributed by atoms with Crippen LogP contribution < -0.4 is 0 Å². The maximum absolute atomic E-state index is 13.3. The molecule has 0 radical (unpaired) electrons. The van der Waals surface area contributed by atoms with Crippen LogP contribution in [0, 0.1) is 5.41 Å². The third-order valence-corrected chi connectivity index (χ3v) is 12.3. The summed E-state index contributed by atoms with van der Waals surface area (Å²) in [5.74, 6) is 0.600. The third-order valence-electron chi connectivity index (χ3n) is 12.3. The average molecular weight is 776 g/mol. The number of alkyl halides is 3. The molecule has 0 saturated heterocycles. The van der Waals surface area contributed by atoms with Crippen molar-refractivity contribution in [3.8, 4) is 39.3 Å². The van der Waals surface area contributed by atoms with Gasteiger partial charge in [0.05, 0.1) is 27.8 Å². The van der Waals surface area contributed by atoms with Gasteiger partial charge in [0.25, 0.3) is 0 Å². The van der Waals surface area contributed by atoms with E-state index in [-0.39, 0.29) is 11.8 Å². The summed E-state index contributed by atoms with van der Waals surface area (Å²) in [6.45, 7) is 13.6. The Balaban J connectivity index is 1.18. The second-order valence-electron chi connectivity index (χ2n) is 17.5. The number of imidazole rings is 1. The summed E-state index contributed by atoms with van der Waals surface area (Å²) < 4.78 is 58.3. The van der Waals surface area contributed by atoms with Crippen molar-refractivity contribution < 1.29 is 19.0 Å². The van der Waals surface area contributed by atoms with Crippen LogP contribution >= 0.6 is 0 Å². The summed E-state index contributed by atoms with van der Waals surface area (Å²) in [7, 11) is 0. The van der Waals surface area contributed by atoms with Gasteiger partial charge in [-0.15, -0.1) is 0 Å². The number of nitrogens with zero attached hydrogens (tertiary/aromatic N) is 2. The summed E-state index contributed by atoms with van der Waals surface area (Å²) in [6, 6.07) is 38.9. The number of halogens is 3. The van der Waals surface area contributed by atoms with Gasteiger partial charge in [-0.1, -0.05) is 108 Å². The molecule has 1 aliphatic rings. The number of aromatic nitrogens is 2. The van der Waals surface area contributed by atoms with Gasteiger partial charge in [0.15, 0.2) is 0 Å². The highest BCUT2D eigenvalue weighted by atomic mass is 19.4. The molecule has 58 heavy (non-hydrogen) atoms. The molecule has 6 aromatic carbocycles. The molecule has 1 saturated carbocycles. The van der Waals surface area contributed by atoms with Crippen LogP contribution in [0.1, 0.15) is 109 Å². The third kappa shape index (κ3) is 6.80. The van der Waals surface area contributed by atoms with Gasteiger partial charge < -0.3 is 4.42 Å². The Kier molecular flexibility index (Phi) is 9.07. The van der Waals surface area contributed by atoms with E-state index in [1.165, 1.54) is 23.3 Å². The number of fused-ring (bicyclic) bond motifs is 4. The van der Waals surface area contributed by atoms with Crippen LogP contribution in [-0.2, 0) is 6.18 Å². The van der Waals surface area contributed by atoms with E-state index >= 15 is 0 Å². The molecule has 8 aromatic rings. The topological polar surface area (TPSA) is 31.0 Å². The predicted octanol–water partition coefficient (Wildman–Crippen LogP) is 15.9. The van der Waals surface area contributed by atoms with Crippen molar-refractivity contribution in [3.05, 3.63) is 144 Å². The molecule has 9 rings (SSSR count). The average Bonchev–Trinajstić information content (AvgIpc) is 3.79. The molecular formula is C52H49F3N2O. The quantitative estimate of drug-likeness (QED) is 0.161. The number of hydrogen-bond donors (Lipinski definition) is 0. The number of rotatable bonds is 7. The Hall–Kier alpha value is -5.62. The van der Waals surface area contributed by atoms with Crippen LogP contribution in [0.2, 0.25) is 0 Å². The van der Waals surface area contributed by atoms with Crippen molar-refractivity contribution in [2.75, 3.05) is 0 Å². The van der Waals surface area contributed by atoms with Gasteiger partial charge in [0.2, 0.25) is 0 Å². The fraction of sp³-hybridized carbons (Fsp3) is 0.288. The van der Waals surface area contributed by atoms with E-state index in [9.17, 15) is 14.5 Å². The SMILES string of the molecule is [2H]C1(c2ccc(-c3cc(C(C)C)c(-n4c(-c5cccc6c5oc5cc(-c7ccc(C(F)(F)F)cc7)ccc56)nc5ccccc54)c(C(C)C)c3)cc2)CCC(C)(C)CC1. The number of furan rings is 1. The monoisotopic (exact) mass is 775 g/mol. The molecular weight excluding hydrogens is 726 g/mol. The van der Waals surface area contributed by atoms with Crippen molar-refractivity contribution in [3.63, 3.8) is 0 Å². The summed E-state index contributed by atoms with van der Waals surface area (Å²) in [6.07, 6.45) is -0.492. The molecule has 0 atom stereocenters. The number of para-hydroxylation sites is 3. The number of benzene rings is 6. The minimum absolute atomic E-state index is 0.184. The van der Waals surface area contributed by atoms with Crippen molar-refractivity contribution in [1.82, 2.24) is 9.55 Å². The first-order valence-electron chi connectivity index (χ1n) is 21.0. The first kappa shape index (κ1) is 36.7. The van der Waals surface area contributed by atoms with Crippen molar-refractivity contribution in [2.45, 2.75) is 91.1 Å². The lowest BCUT2D eigenvalue weighted by molar-refractivity contribution is -0.137. The standard InChI is InChI=1S/C52H49F3N2O/c1-31(2)43-28-38(35-16-14-33(15-17-35)36-24-26-51(5,6)27-25-36)29-44(32(3)4)48(43)57-46-13-8-7-12-45(46)56-50(57)42-11-9-10-41-40-23-20-37(30-47(40)58-49(41)42)34-18-21-39(22-19-34)52(53,54)55/h7-23,28-32,36H,24-27H2,1-6H3/i36D. The summed E-state index contributed by atoms with van der Waals surface area (Å²) in [5, 5.41) is 1.86. The highest BCUT2D eigenvalue weighted by Crippen LogP contribution is 2.45. The zero-order valence-electron chi connectivity index (χ0n) is 35.0. The zero-order chi connectivity index (χ0) is 41.4. The largest absolute Gasteiger partial charge is 0.455 e. The molecule has 0 bridgehead atoms. The minimum atomic E-state index is -4.40. The van der Waals surface area contributed by atoms with E-state index < -0.39 is 17.6 Å². The zero-order valence-corrected chi connectivity index (χ0v) is 34.0. The molecule has 0 N–H and O–H groups in total. The molecule has 0 spiro atoms. The second kappa shape index (κ2) is 14.3. The van der Waals surface area contributed by atoms with E-state index in [1.54, 1.807) is 0 Å². The van der Waals surface area contributed by atoms with Crippen molar-refractivity contribution in [2.24, 2.45) is 5.41 Å². The van der Waals surface area contributed by atoms with Crippen molar-refractivity contribution >= 4 is 33.0 Å². The van der Waals surface area contributed by atoms with Crippen molar-refractivity contribution in [1.29, 1.82) is 0 Å². The molecule has 294 valence electrons. The molecule has 3 nitrogen and oxygen atoms in total. The summed E-state index contributed by atoms with van der Waals surface area (Å²) >= 11 is 0. The van der Waals surface area contributed by atoms with Crippen LogP contribution in [0.15, 0.2) is 126 Å². The van der Waals surface area contributed by atoms with Gasteiger partial charge in [-0.25, -0.2) is 4.98 Å². The molecule has 6 heteroatoms. The molecule has 0 aliphatic heterocycles. The Morgan fingerprint density at radius 2 is 1.33 bits per heavy atom. The number of hydrogen-bond acceptors (Lipinski definition) is 2. The van der Waals surface area contributed by atoms with E-state index in [0.717, 1.165) is 99.0 Å². The smallest absolute Gasteiger partial charge is 0.416 e. The minimum Gasteiger partial charge on any atom is -0.455 e. The molecule has 1 aliphatic carbocycles. The van der Waals surface area contributed by atoms with Crippen LogP contribution in [0.25, 0.3) is 72.3 Å². The molecule has 2 aromatic heterocycles. The predicted molar refractivity (Wildman–Crippen MR) is 233 cm³/mol. The first-order valence-corrected chi connectivity index (χ1v) is 20.5. The van der Waals surface area contributed by atoms with Crippen LogP contribution in [-0.4, -0.2) is 9.55 Å². The van der Waals surface area contributed by atoms with Gasteiger partial charge in [-0.3, -0.25) is 4.57 Å². The Morgan fingerprint density at radius 1 is 0.707 bits per heavy atom. The first-order chi connectivity index (χ1) is 28.1.